The summed E-state index contributed by atoms with van der Waals surface area (Å²) in [7, 11) is 3.57. The Hall–Kier alpha value is -3.20. The maximum absolute atomic E-state index is 13.8. The van der Waals surface area contributed by atoms with Crippen LogP contribution in [-0.2, 0) is 21.4 Å². The van der Waals surface area contributed by atoms with Crippen LogP contribution < -0.4 is 16.0 Å². The summed E-state index contributed by atoms with van der Waals surface area (Å²) in [5.74, 6) is -0.468. The van der Waals surface area contributed by atoms with Crippen LogP contribution in [0, 0.1) is 5.92 Å². The highest BCUT2D eigenvalue weighted by Crippen LogP contribution is 2.31. The molecule has 36 heavy (non-hydrogen) atoms. The minimum absolute atomic E-state index is 0.0894. The Morgan fingerprint density at radius 3 is 2.44 bits per heavy atom. The van der Waals surface area contributed by atoms with E-state index in [-0.39, 0.29) is 23.6 Å². The summed E-state index contributed by atoms with van der Waals surface area (Å²) >= 11 is 0. The Kier molecular flexibility index (Phi) is 8.40. The van der Waals surface area contributed by atoms with Gasteiger partial charge in [0.15, 0.2) is 0 Å². The summed E-state index contributed by atoms with van der Waals surface area (Å²) in [4.78, 5) is 41.7. The van der Waals surface area contributed by atoms with Crippen LogP contribution in [0.25, 0.3) is 11.3 Å². The fourth-order valence-corrected chi connectivity index (χ4v) is 5.42. The summed E-state index contributed by atoms with van der Waals surface area (Å²) in [5.41, 5.74) is 2.38. The second-order valence-corrected chi connectivity index (χ2v) is 9.97. The zero-order valence-electron chi connectivity index (χ0n) is 21.5. The van der Waals surface area contributed by atoms with Gasteiger partial charge in [-0.2, -0.15) is 5.10 Å². The second-order valence-electron chi connectivity index (χ2n) is 9.97. The smallest absolute Gasteiger partial charge is 0.247 e. The van der Waals surface area contributed by atoms with Crippen LogP contribution in [0.3, 0.4) is 0 Å². The maximum atomic E-state index is 13.8. The van der Waals surface area contributed by atoms with Crippen molar-refractivity contribution in [2.75, 3.05) is 18.9 Å². The van der Waals surface area contributed by atoms with Gasteiger partial charge in [-0.05, 0) is 45.6 Å². The van der Waals surface area contributed by atoms with Crippen LogP contribution in [0.15, 0.2) is 36.5 Å². The number of hydrogen-bond acceptors (Lipinski definition) is 5. The lowest BCUT2D eigenvalue weighted by molar-refractivity contribution is -0.142. The first-order chi connectivity index (χ1) is 17.4. The second kappa shape index (κ2) is 11.7. The molecule has 2 fully saturated rings. The van der Waals surface area contributed by atoms with E-state index in [1.54, 1.807) is 29.7 Å². The van der Waals surface area contributed by atoms with Gasteiger partial charge in [-0.3, -0.25) is 19.1 Å². The van der Waals surface area contributed by atoms with Crippen LogP contribution >= 0.6 is 0 Å². The number of carbonyl (C=O) groups excluding carboxylic acids is 3. The molecule has 0 radical (unpaired) electrons. The normalized spacial score (nSPS) is 20.1. The molecular weight excluding hydrogens is 456 g/mol. The molecule has 1 saturated heterocycles. The van der Waals surface area contributed by atoms with Crippen LogP contribution in [0.2, 0.25) is 0 Å². The number of nitrogens with one attached hydrogen (secondary N) is 3. The molecule has 2 aliphatic rings. The topological polar surface area (TPSA) is 108 Å². The molecule has 3 N–H and O–H groups in total. The van der Waals surface area contributed by atoms with Gasteiger partial charge < -0.3 is 20.9 Å². The van der Waals surface area contributed by atoms with Crippen LogP contribution in [0.5, 0.6) is 0 Å². The number of hydrogen-bond donors (Lipinski definition) is 3. The first-order valence-electron chi connectivity index (χ1n) is 13.1. The average molecular weight is 495 g/mol. The van der Waals surface area contributed by atoms with E-state index in [0.717, 1.165) is 49.8 Å². The van der Waals surface area contributed by atoms with Crippen molar-refractivity contribution in [1.29, 1.82) is 0 Å². The fourth-order valence-electron chi connectivity index (χ4n) is 5.42. The third-order valence-corrected chi connectivity index (χ3v) is 7.59. The Morgan fingerprint density at radius 2 is 1.75 bits per heavy atom. The van der Waals surface area contributed by atoms with E-state index in [1.165, 1.54) is 0 Å². The summed E-state index contributed by atoms with van der Waals surface area (Å²) in [6.45, 7) is 2.29. The highest BCUT2D eigenvalue weighted by Gasteiger charge is 2.41. The van der Waals surface area contributed by atoms with E-state index in [9.17, 15) is 14.4 Å². The predicted molar refractivity (Wildman–Crippen MR) is 139 cm³/mol. The third-order valence-electron chi connectivity index (χ3n) is 7.59. The third kappa shape index (κ3) is 5.61. The number of anilines is 1. The van der Waals surface area contributed by atoms with E-state index in [2.05, 4.69) is 21.0 Å². The molecule has 1 aromatic carbocycles. The zero-order valence-corrected chi connectivity index (χ0v) is 21.5. The number of benzene rings is 1. The molecule has 1 aliphatic carbocycles. The molecular formula is C27H38N6O3. The number of likely N-dealkylation sites (tertiary alicyclic amines) is 1. The van der Waals surface area contributed by atoms with Crippen molar-refractivity contribution < 1.29 is 14.4 Å². The standard InChI is InChI=1S/C27H38N6O3/c1-18(28-2)25(34)31-23(19-11-6-4-7-12-19)27(36)33-16-10-15-22(33)26(35)30-21-17-29-32(3)24(21)20-13-8-5-9-14-20/h5,8-9,13-14,17-19,22-23,28H,4,6-7,10-12,15-16H2,1-3H3,(H,30,35)(H,31,34)/t18-,22-,23-/m0/s1. The molecule has 2 aromatic rings. The molecule has 1 saturated carbocycles. The molecule has 4 rings (SSSR count). The molecule has 3 atom stereocenters. The number of likely N-dealkylation sites (N-methyl/N-ethyl adjacent to an activating group) is 1. The summed E-state index contributed by atoms with van der Waals surface area (Å²) in [5, 5.41) is 13.3. The van der Waals surface area contributed by atoms with Crippen molar-refractivity contribution in [3.8, 4) is 11.3 Å². The zero-order chi connectivity index (χ0) is 25.7. The molecule has 0 spiro atoms. The van der Waals surface area contributed by atoms with Gasteiger partial charge >= 0.3 is 0 Å². The molecule has 194 valence electrons. The minimum Gasteiger partial charge on any atom is -0.343 e. The number of carbonyl (C=O) groups is 3. The van der Waals surface area contributed by atoms with Crippen molar-refractivity contribution in [3.63, 3.8) is 0 Å². The lowest BCUT2D eigenvalue weighted by Gasteiger charge is -2.35. The van der Waals surface area contributed by atoms with Crippen molar-refractivity contribution in [1.82, 2.24) is 25.3 Å². The quantitative estimate of drug-likeness (QED) is 0.523. The number of amides is 3. The summed E-state index contributed by atoms with van der Waals surface area (Å²) in [6.07, 6.45) is 8.07. The van der Waals surface area contributed by atoms with E-state index < -0.39 is 18.1 Å². The molecule has 9 nitrogen and oxygen atoms in total. The Balaban J connectivity index is 1.52. The van der Waals surface area contributed by atoms with Crippen LogP contribution in [0.1, 0.15) is 51.9 Å². The van der Waals surface area contributed by atoms with Crippen LogP contribution in [0.4, 0.5) is 5.69 Å². The highest BCUT2D eigenvalue weighted by molar-refractivity contribution is 6.01. The van der Waals surface area contributed by atoms with Crippen molar-refractivity contribution >= 4 is 23.4 Å². The Morgan fingerprint density at radius 1 is 1.03 bits per heavy atom. The largest absolute Gasteiger partial charge is 0.343 e. The molecule has 1 aliphatic heterocycles. The number of nitrogens with zero attached hydrogens (tertiary/aromatic N) is 3. The molecule has 1 aromatic heterocycles. The Labute approximate surface area is 213 Å². The first kappa shape index (κ1) is 25.9. The fraction of sp³-hybridized carbons (Fsp3) is 0.556. The number of rotatable bonds is 8. The van der Waals surface area contributed by atoms with E-state index in [0.29, 0.717) is 18.7 Å². The molecule has 2 heterocycles. The van der Waals surface area contributed by atoms with Gasteiger partial charge in [-0.1, -0.05) is 49.6 Å². The van der Waals surface area contributed by atoms with E-state index in [1.807, 2.05) is 37.4 Å². The van der Waals surface area contributed by atoms with Gasteiger partial charge in [0.1, 0.15) is 12.1 Å². The van der Waals surface area contributed by atoms with Gasteiger partial charge in [0.05, 0.1) is 23.6 Å². The van der Waals surface area contributed by atoms with Gasteiger partial charge in [-0.25, -0.2) is 0 Å². The molecule has 9 heteroatoms. The average Bonchev–Trinajstić information content (AvgIpc) is 3.54. The predicted octanol–water partition coefficient (Wildman–Crippen LogP) is 2.69. The SMILES string of the molecule is CN[C@@H](C)C(=O)N[C@H](C(=O)N1CCC[C@H]1C(=O)Nc1cnn(C)c1-c1ccccc1)C1CCCCC1. The molecule has 0 unspecified atom stereocenters. The molecule has 0 bridgehead atoms. The highest BCUT2D eigenvalue weighted by atomic mass is 16.2. The maximum Gasteiger partial charge on any atom is 0.247 e. The lowest BCUT2D eigenvalue weighted by Crippen LogP contribution is -2.57. The Bertz CT molecular complexity index is 1060. The van der Waals surface area contributed by atoms with E-state index in [4.69, 9.17) is 0 Å². The number of aromatic nitrogens is 2. The summed E-state index contributed by atoms with van der Waals surface area (Å²) in [6, 6.07) is 8.19. The van der Waals surface area contributed by atoms with Gasteiger partial charge in [0, 0.05) is 19.2 Å². The molecule has 3 amide bonds. The van der Waals surface area contributed by atoms with Gasteiger partial charge in [0.25, 0.3) is 0 Å². The van der Waals surface area contributed by atoms with Gasteiger partial charge in [-0.15, -0.1) is 0 Å². The van der Waals surface area contributed by atoms with Crippen molar-refractivity contribution in [2.24, 2.45) is 13.0 Å². The van der Waals surface area contributed by atoms with Crippen molar-refractivity contribution in [2.45, 2.75) is 70.0 Å². The lowest BCUT2D eigenvalue weighted by atomic mass is 9.83. The minimum atomic E-state index is -0.611. The van der Waals surface area contributed by atoms with Gasteiger partial charge in [0.2, 0.25) is 17.7 Å². The number of aryl methyl sites for hydroxylation is 1. The van der Waals surface area contributed by atoms with E-state index >= 15 is 0 Å². The first-order valence-corrected chi connectivity index (χ1v) is 13.1. The van der Waals surface area contributed by atoms with Crippen molar-refractivity contribution in [3.05, 3.63) is 36.5 Å². The summed E-state index contributed by atoms with van der Waals surface area (Å²) < 4.78 is 1.74. The monoisotopic (exact) mass is 494 g/mol. The van der Waals surface area contributed by atoms with Crippen LogP contribution in [-0.4, -0.2) is 64.1 Å².